The molecule has 7 nitrogen and oxygen atoms in total. The first-order valence-corrected chi connectivity index (χ1v) is 9.34. The summed E-state index contributed by atoms with van der Waals surface area (Å²) in [7, 11) is 3.18. The van der Waals surface area contributed by atoms with Gasteiger partial charge in [0.2, 0.25) is 0 Å². The van der Waals surface area contributed by atoms with Gasteiger partial charge < -0.3 is 24.5 Å². The van der Waals surface area contributed by atoms with Gasteiger partial charge in [-0.05, 0) is 48.0 Å². The Balaban J connectivity index is 1.51. The molecular weight excluding hydrogens is 382 g/mol. The number of pyridine rings is 1. The van der Waals surface area contributed by atoms with Crippen molar-refractivity contribution < 1.29 is 19.0 Å². The van der Waals surface area contributed by atoms with Gasteiger partial charge in [-0.25, -0.2) is 0 Å². The van der Waals surface area contributed by atoms with E-state index in [2.05, 4.69) is 15.3 Å². The van der Waals surface area contributed by atoms with E-state index in [-0.39, 0.29) is 5.91 Å². The number of nitrogens with one attached hydrogen (secondary N) is 2. The third-order valence-electron chi connectivity index (χ3n) is 4.64. The zero-order chi connectivity index (χ0) is 20.9. The maximum atomic E-state index is 12.7. The second-order valence-electron chi connectivity index (χ2n) is 6.60. The third-order valence-corrected chi connectivity index (χ3v) is 4.64. The van der Waals surface area contributed by atoms with Gasteiger partial charge in [0.25, 0.3) is 5.91 Å². The number of hydrogen-bond donors (Lipinski definition) is 2. The molecule has 0 atom stereocenters. The van der Waals surface area contributed by atoms with Crippen molar-refractivity contribution >= 4 is 22.5 Å². The monoisotopic (exact) mass is 403 g/mol. The van der Waals surface area contributed by atoms with Crippen molar-refractivity contribution in [2.45, 2.75) is 6.61 Å². The number of rotatable bonds is 7. The second-order valence-corrected chi connectivity index (χ2v) is 6.60. The highest BCUT2D eigenvalue weighted by atomic mass is 16.5. The molecule has 152 valence electrons. The van der Waals surface area contributed by atoms with E-state index in [9.17, 15) is 4.79 Å². The first kappa shape index (κ1) is 19.3. The lowest BCUT2D eigenvalue weighted by Gasteiger charge is -2.13. The van der Waals surface area contributed by atoms with Crippen LogP contribution in [0.15, 0.2) is 67.0 Å². The molecule has 2 aromatic carbocycles. The number of carbonyl (C=O) groups excluding carboxylic acids is 1. The van der Waals surface area contributed by atoms with Crippen LogP contribution in [0.25, 0.3) is 10.9 Å². The van der Waals surface area contributed by atoms with E-state index in [1.54, 1.807) is 50.9 Å². The van der Waals surface area contributed by atoms with Gasteiger partial charge in [0.1, 0.15) is 18.1 Å². The largest absolute Gasteiger partial charge is 0.497 e. The molecule has 7 heteroatoms. The number of carbonyl (C=O) groups is 1. The van der Waals surface area contributed by atoms with Crippen molar-refractivity contribution in [3.63, 3.8) is 0 Å². The fourth-order valence-electron chi connectivity index (χ4n) is 3.06. The van der Waals surface area contributed by atoms with E-state index in [0.717, 1.165) is 22.2 Å². The molecule has 4 rings (SSSR count). The molecule has 2 aromatic heterocycles. The molecule has 30 heavy (non-hydrogen) atoms. The lowest BCUT2D eigenvalue weighted by atomic mass is 10.2. The molecule has 0 bridgehead atoms. The predicted molar refractivity (Wildman–Crippen MR) is 114 cm³/mol. The number of aromatic amines is 1. The lowest BCUT2D eigenvalue weighted by Crippen LogP contribution is -2.12. The average Bonchev–Trinajstić information content (AvgIpc) is 3.22. The van der Waals surface area contributed by atoms with Crippen molar-refractivity contribution in [3.8, 4) is 17.2 Å². The number of anilines is 1. The zero-order valence-corrected chi connectivity index (χ0v) is 16.6. The minimum Gasteiger partial charge on any atom is -0.497 e. The van der Waals surface area contributed by atoms with Gasteiger partial charge in [-0.3, -0.25) is 9.78 Å². The van der Waals surface area contributed by atoms with E-state index in [1.807, 2.05) is 30.3 Å². The average molecular weight is 403 g/mol. The van der Waals surface area contributed by atoms with Gasteiger partial charge in [-0.1, -0.05) is 0 Å². The maximum absolute atomic E-state index is 12.7. The van der Waals surface area contributed by atoms with Crippen LogP contribution in [0.1, 0.15) is 16.1 Å². The Morgan fingerprint density at radius 3 is 2.57 bits per heavy atom. The van der Waals surface area contributed by atoms with Crippen LogP contribution in [0.5, 0.6) is 17.2 Å². The van der Waals surface area contributed by atoms with Crippen LogP contribution in [0, 0.1) is 0 Å². The van der Waals surface area contributed by atoms with Crippen LogP contribution in [0.2, 0.25) is 0 Å². The Labute approximate surface area is 173 Å². The van der Waals surface area contributed by atoms with Gasteiger partial charge in [-0.2, -0.15) is 0 Å². The van der Waals surface area contributed by atoms with Crippen molar-refractivity contribution in [3.05, 3.63) is 78.2 Å². The molecule has 0 aliphatic heterocycles. The highest BCUT2D eigenvalue weighted by molar-refractivity contribution is 6.06. The Bertz CT molecular complexity index is 1170. The van der Waals surface area contributed by atoms with E-state index in [0.29, 0.717) is 29.5 Å². The quantitative estimate of drug-likeness (QED) is 0.477. The van der Waals surface area contributed by atoms with Gasteiger partial charge in [0.05, 0.1) is 14.2 Å². The van der Waals surface area contributed by atoms with Crippen LogP contribution < -0.4 is 19.5 Å². The van der Waals surface area contributed by atoms with E-state index in [4.69, 9.17) is 14.2 Å². The molecule has 0 saturated heterocycles. The molecule has 1 amide bonds. The molecule has 4 aromatic rings. The number of H-pyrrole nitrogens is 1. The molecule has 0 radical (unpaired) electrons. The fraction of sp³-hybridized carbons (Fsp3) is 0.130. The molecule has 2 heterocycles. The maximum Gasteiger partial charge on any atom is 0.272 e. The lowest BCUT2D eigenvalue weighted by molar-refractivity contribution is 0.102. The summed E-state index contributed by atoms with van der Waals surface area (Å²) in [6.07, 6.45) is 3.42. The number of amides is 1. The standard InChI is InChI=1S/C23H21N3O4/c1-28-18-5-3-16-11-20(26-19(16)13-18)23(27)25-17-4-6-21(29-2)22(12-17)30-14-15-7-9-24-10-8-15/h3-13,26H,14H2,1-2H3,(H,25,27). The van der Waals surface area contributed by atoms with Gasteiger partial charge in [0, 0.05) is 41.1 Å². The number of fused-ring (bicyclic) bond motifs is 1. The molecule has 0 fully saturated rings. The van der Waals surface area contributed by atoms with Crippen LogP contribution in [0.3, 0.4) is 0 Å². The Hall–Kier alpha value is -4.00. The number of methoxy groups -OCH3 is 2. The minimum absolute atomic E-state index is 0.254. The number of ether oxygens (including phenoxy) is 3. The number of hydrogen-bond acceptors (Lipinski definition) is 5. The van der Waals surface area contributed by atoms with E-state index in [1.165, 1.54) is 0 Å². The fourth-order valence-corrected chi connectivity index (χ4v) is 3.06. The van der Waals surface area contributed by atoms with Gasteiger partial charge >= 0.3 is 0 Å². The van der Waals surface area contributed by atoms with E-state index < -0.39 is 0 Å². The Morgan fingerprint density at radius 2 is 1.80 bits per heavy atom. The third kappa shape index (κ3) is 4.20. The highest BCUT2D eigenvalue weighted by Gasteiger charge is 2.13. The predicted octanol–water partition coefficient (Wildman–Crippen LogP) is 4.41. The number of nitrogens with zero attached hydrogens (tertiary/aromatic N) is 1. The van der Waals surface area contributed by atoms with E-state index >= 15 is 0 Å². The summed E-state index contributed by atoms with van der Waals surface area (Å²) >= 11 is 0. The SMILES string of the molecule is COc1ccc2cc(C(=O)Nc3ccc(OC)c(OCc4ccncc4)c3)[nH]c2c1. The van der Waals surface area contributed by atoms with Crippen LogP contribution >= 0.6 is 0 Å². The van der Waals surface area contributed by atoms with Crippen molar-refractivity contribution in [1.29, 1.82) is 0 Å². The van der Waals surface area contributed by atoms with Crippen LogP contribution in [-0.2, 0) is 6.61 Å². The van der Waals surface area contributed by atoms with Gasteiger partial charge in [0.15, 0.2) is 11.5 Å². The smallest absolute Gasteiger partial charge is 0.272 e. The summed E-state index contributed by atoms with van der Waals surface area (Å²) < 4.78 is 16.5. The molecule has 2 N–H and O–H groups in total. The zero-order valence-electron chi connectivity index (χ0n) is 16.6. The van der Waals surface area contributed by atoms with Crippen molar-refractivity contribution in [2.75, 3.05) is 19.5 Å². The number of aromatic nitrogens is 2. The first-order chi connectivity index (χ1) is 14.7. The topological polar surface area (TPSA) is 85.5 Å². The summed E-state index contributed by atoms with van der Waals surface area (Å²) in [5.74, 6) is 1.59. The molecule has 0 aliphatic carbocycles. The normalized spacial score (nSPS) is 10.6. The highest BCUT2D eigenvalue weighted by Crippen LogP contribution is 2.31. The molecule has 0 aliphatic rings. The Kier molecular flexibility index (Phi) is 5.52. The summed E-state index contributed by atoms with van der Waals surface area (Å²) in [5, 5.41) is 3.82. The van der Waals surface area contributed by atoms with Gasteiger partial charge in [-0.15, -0.1) is 0 Å². The second kappa shape index (κ2) is 8.57. The summed E-state index contributed by atoms with van der Waals surface area (Å²) in [5.41, 5.74) is 2.86. The molecule has 0 unspecified atom stereocenters. The molecule has 0 spiro atoms. The first-order valence-electron chi connectivity index (χ1n) is 9.34. The summed E-state index contributed by atoms with van der Waals surface area (Å²) in [6, 6.07) is 16.4. The van der Waals surface area contributed by atoms with Crippen LogP contribution in [-0.4, -0.2) is 30.1 Å². The minimum atomic E-state index is -0.254. The van der Waals surface area contributed by atoms with Crippen LogP contribution in [0.4, 0.5) is 5.69 Å². The number of benzene rings is 2. The molecule has 0 saturated carbocycles. The summed E-state index contributed by atoms with van der Waals surface area (Å²) in [6.45, 7) is 0.361. The Morgan fingerprint density at radius 1 is 0.967 bits per heavy atom. The van der Waals surface area contributed by atoms with Crippen molar-refractivity contribution in [1.82, 2.24) is 9.97 Å². The molecular formula is C23H21N3O4. The van der Waals surface area contributed by atoms with Crippen molar-refractivity contribution in [2.24, 2.45) is 0 Å². The summed E-state index contributed by atoms with van der Waals surface area (Å²) in [4.78, 5) is 19.8.